The van der Waals surface area contributed by atoms with E-state index >= 15 is 0 Å². The van der Waals surface area contributed by atoms with Crippen molar-refractivity contribution in [3.63, 3.8) is 0 Å². The maximum absolute atomic E-state index is 6.20. The molecule has 4 aliphatic rings. The molecular weight excluding hydrogens is 299 g/mol. The lowest BCUT2D eigenvalue weighted by molar-refractivity contribution is -0.232. The number of methoxy groups -OCH3 is 1. The lowest BCUT2D eigenvalue weighted by Crippen LogP contribution is -2.41. The molecule has 3 unspecified atom stereocenters. The van der Waals surface area contributed by atoms with Gasteiger partial charge in [0.2, 0.25) is 0 Å². The van der Waals surface area contributed by atoms with Crippen LogP contribution in [0, 0.1) is 0 Å². The highest BCUT2D eigenvalue weighted by atomic mass is 16.8. The van der Waals surface area contributed by atoms with Gasteiger partial charge in [0.05, 0.1) is 11.2 Å². The zero-order valence-corrected chi connectivity index (χ0v) is 15.0. The third-order valence-corrected chi connectivity index (χ3v) is 6.05. The van der Waals surface area contributed by atoms with Crippen LogP contribution >= 0.6 is 0 Å². The van der Waals surface area contributed by atoms with Gasteiger partial charge in [0.1, 0.15) is 17.8 Å². The van der Waals surface area contributed by atoms with Gasteiger partial charge in [-0.05, 0) is 48.0 Å². The fraction of sp³-hybridized carbons (Fsp3) is 1.00. The van der Waals surface area contributed by atoms with Gasteiger partial charge in [-0.2, -0.15) is 0 Å². The largest absolute Gasteiger partial charge is 0.464 e. The van der Waals surface area contributed by atoms with Crippen molar-refractivity contribution in [2.45, 2.75) is 94.9 Å². The first-order valence-electron chi connectivity index (χ1n) is 8.43. The fourth-order valence-electron chi connectivity index (χ4n) is 4.03. The van der Waals surface area contributed by atoms with Crippen molar-refractivity contribution in [2.24, 2.45) is 0 Å². The van der Waals surface area contributed by atoms with Gasteiger partial charge in [-0.15, -0.1) is 0 Å². The summed E-state index contributed by atoms with van der Waals surface area (Å²) in [6.45, 7) is 12.1. The molecule has 0 radical (unpaired) electrons. The minimum absolute atomic E-state index is 0.133. The molecule has 0 N–H and O–H groups in total. The lowest BCUT2D eigenvalue weighted by Gasteiger charge is -2.32. The molecule has 1 aliphatic carbocycles. The van der Waals surface area contributed by atoms with Crippen LogP contribution in [-0.4, -0.2) is 55.3 Å². The van der Waals surface area contributed by atoms with Crippen LogP contribution in [0.4, 0.5) is 0 Å². The van der Waals surface area contributed by atoms with Crippen molar-refractivity contribution in [3.05, 3.63) is 0 Å². The minimum Gasteiger partial charge on any atom is -0.403 e. The maximum atomic E-state index is 6.20. The Morgan fingerprint density at radius 2 is 1.52 bits per heavy atom. The van der Waals surface area contributed by atoms with Gasteiger partial charge in [-0.1, -0.05) is 0 Å². The van der Waals surface area contributed by atoms with E-state index in [1.807, 2.05) is 13.8 Å². The lowest BCUT2D eigenvalue weighted by atomic mass is 9.78. The summed E-state index contributed by atoms with van der Waals surface area (Å²) >= 11 is 0. The van der Waals surface area contributed by atoms with E-state index in [2.05, 4.69) is 27.7 Å². The number of rotatable bonds is 2. The van der Waals surface area contributed by atoms with E-state index in [0.29, 0.717) is 0 Å². The molecule has 1 spiro atoms. The SMILES string of the molecule is COC1O[C@@]2(C[C@@H]2B2OC(C)(C)C(C)(C)O2)C2OC(C)(C)OC12. The predicted octanol–water partition coefficient (Wildman–Crippen LogP) is 2.11. The van der Waals surface area contributed by atoms with Crippen LogP contribution in [0.1, 0.15) is 48.0 Å². The molecule has 3 saturated heterocycles. The predicted molar refractivity (Wildman–Crippen MR) is 82.9 cm³/mol. The van der Waals surface area contributed by atoms with E-state index in [1.54, 1.807) is 7.11 Å². The molecule has 4 rings (SSSR count). The molecule has 3 heterocycles. The standard InChI is InChI=1S/C16H27BO6/c1-13(2)14(3,4)23-17(22-13)9-8-16(9)11-10(12(18-7)21-16)19-15(5,6)20-11/h9-12H,8H2,1-7H3/t9-,10?,11?,12?,16+/m0/s1. The van der Waals surface area contributed by atoms with Crippen LogP contribution in [0.2, 0.25) is 5.82 Å². The van der Waals surface area contributed by atoms with Crippen LogP contribution in [0.5, 0.6) is 0 Å². The van der Waals surface area contributed by atoms with E-state index in [4.69, 9.17) is 28.3 Å². The second kappa shape index (κ2) is 4.51. The zero-order chi connectivity index (χ0) is 16.8. The van der Waals surface area contributed by atoms with Crippen LogP contribution in [0.3, 0.4) is 0 Å². The number of fused-ring (bicyclic) bond motifs is 2. The number of hydrogen-bond acceptors (Lipinski definition) is 6. The summed E-state index contributed by atoms with van der Waals surface area (Å²) in [5.41, 5.74) is -1.11. The first-order chi connectivity index (χ1) is 10.5. The molecule has 23 heavy (non-hydrogen) atoms. The Balaban J connectivity index is 1.56. The molecule has 4 fully saturated rings. The Labute approximate surface area is 138 Å². The molecule has 0 amide bonds. The molecule has 7 heteroatoms. The van der Waals surface area contributed by atoms with Crippen molar-refractivity contribution in [3.8, 4) is 0 Å². The van der Waals surface area contributed by atoms with Gasteiger partial charge >= 0.3 is 7.12 Å². The van der Waals surface area contributed by atoms with E-state index in [0.717, 1.165) is 6.42 Å². The number of ether oxygens (including phenoxy) is 4. The smallest absolute Gasteiger partial charge is 0.403 e. The molecule has 0 bridgehead atoms. The monoisotopic (exact) mass is 326 g/mol. The van der Waals surface area contributed by atoms with Crippen molar-refractivity contribution >= 4 is 7.12 Å². The summed E-state index contributed by atoms with van der Waals surface area (Å²) in [7, 11) is 1.35. The normalized spacial score (nSPS) is 48.9. The van der Waals surface area contributed by atoms with Crippen molar-refractivity contribution in [1.29, 1.82) is 0 Å². The van der Waals surface area contributed by atoms with E-state index in [1.165, 1.54) is 0 Å². The molecule has 5 atom stereocenters. The molecule has 0 aromatic carbocycles. The summed E-state index contributed by atoms with van der Waals surface area (Å²) in [4.78, 5) is 0. The molecule has 0 aromatic heterocycles. The number of hydrogen-bond donors (Lipinski definition) is 0. The van der Waals surface area contributed by atoms with Gasteiger partial charge in [0.25, 0.3) is 0 Å². The molecule has 3 aliphatic heterocycles. The molecule has 130 valence electrons. The van der Waals surface area contributed by atoms with Crippen LogP contribution in [-0.2, 0) is 28.3 Å². The Hall–Kier alpha value is -0.175. The third kappa shape index (κ3) is 2.17. The highest BCUT2D eigenvalue weighted by molar-refractivity contribution is 6.49. The van der Waals surface area contributed by atoms with Crippen LogP contribution in [0.25, 0.3) is 0 Å². The topological polar surface area (TPSA) is 55.4 Å². The average Bonchev–Trinajstić information content (AvgIpc) is 2.86. The van der Waals surface area contributed by atoms with Gasteiger partial charge in [-0.3, -0.25) is 0 Å². The van der Waals surface area contributed by atoms with Crippen molar-refractivity contribution < 1.29 is 28.3 Å². The Morgan fingerprint density at radius 3 is 2.09 bits per heavy atom. The zero-order valence-electron chi connectivity index (χ0n) is 15.0. The van der Waals surface area contributed by atoms with E-state index < -0.39 is 17.7 Å². The van der Waals surface area contributed by atoms with Gasteiger partial charge in [-0.25, -0.2) is 0 Å². The van der Waals surface area contributed by atoms with E-state index in [9.17, 15) is 0 Å². The maximum Gasteiger partial charge on any atom is 0.464 e. The van der Waals surface area contributed by atoms with Crippen molar-refractivity contribution in [1.82, 2.24) is 0 Å². The minimum atomic E-state index is -0.619. The molecule has 0 aromatic rings. The first kappa shape index (κ1) is 16.3. The van der Waals surface area contributed by atoms with Crippen LogP contribution in [0.15, 0.2) is 0 Å². The summed E-state index contributed by atoms with van der Waals surface area (Å²) in [6, 6.07) is 0. The summed E-state index contributed by atoms with van der Waals surface area (Å²) in [5, 5.41) is 0. The van der Waals surface area contributed by atoms with Crippen LogP contribution < -0.4 is 0 Å². The highest BCUT2D eigenvalue weighted by Gasteiger charge is 2.78. The summed E-state index contributed by atoms with van der Waals surface area (Å²) in [5.74, 6) is -0.486. The summed E-state index contributed by atoms with van der Waals surface area (Å²) in [6.07, 6.45) is 0.0766. The Bertz CT molecular complexity index is 505. The van der Waals surface area contributed by atoms with E-state index in [-0.39, 0.29) is 36.3 Å². The van der Waals surface area contributed by atoms with Crippen molar-refractivity contribution in [2.75, 3.05) is 7.11 Å². The fourth-order valence-corrected chi connectivity index (χ4v) is 4.03. The third-order valence-electron chi connectivity index (χ3n) is 6.05. The molecule has 1 saturated carbocycles. The highest BCUT2D eigenvalue weighted by Crippen LogP contribution is 2.66. The average molecular weight is 326 g/mol. The quantitative estimate of drug-likeness (QED) is 0.725. The van der Waals surface area contributed by atoms with Gasteiger partial charge in [0, 0.05) is 12.9 Å². The molecular formula is C16H27BO6. The first-order valence-corrected chi connectivity index (χ1v) is 8.43. The second-order valence-electron chi connectivity index (χ2n) is 8.63. The summed E-state index contributed by atoms with van der Waals surface area (Å²) < 4.78 is 36.2. The Kier molecular flexibility index (Phi) is 3.19. The molecule has 6 nitrogen and oxygen atoms in total. The van der Waals surface area contributed by atoms with Gasteiger partial charge in [0.15, 0.2) is 12.1 Å². The van der Waals surface area contributed by atoms with Gasteiger partial charge < -0.3 is 28.3 Å². The Morgan fingerprint density at radius 1 is 0.913 bits per heavy atom. The second-order valence-corrected chi connectivity index (χ2v) is 8.63.